The minimum absolute atomic E-state index is 0.0983. The third-order valence-electron chi connectivity index (χ3n) is 6.49. The Bertz CT molecular complexity index is 906. The summed E-state index contributed by atoms with van der Waals surface area (Å²) in [6.07, 6.45) is 3.91. The second-order valence-corrected chi connectivity index (χ2v) is 8.39. The van der Waals surface area contributed by atoms with Crippen LogP contribution in [-0.4, -0.2) is 82.5 Å². The molecule has 0 N–H and O–H groups in total. The smallest absolute Gasteiger partial charge is 0.272 e. The summed E-state index contributed by atoms with van der Waals surface area (Å²) in [5.74, 6) is 1.79. The fourth-order valence-electron chi connectivity index (χ4n) is 4.77. The molecule has 3 aliphatic heterocycles. The topological polar surface area (TPSA) is 63.1 Å². The van der Waals surface area contributed by atoms with E-state index < -0.39 is 0 Å². The first kappa shape index (κ1) is 19.4. The lowest BCUT2D eigenvalue weighted by molar-refractivity contribution is 0.0401. The number of carbonyl (C=O) groups excluding carboxylic acids is 1. The number of nitrogens with zero attached hydrogens (tertiary/aromatic N) is 5. The molecule has 2 fully saturated rings. The summed E-state index contributed by atoms with van der Waals surface area (Å²) < 4.78 is 12.6. The Kier molecular flexibility index (Phi) is 5.35. The number of aryl methyl sites for hydroxylation is 1. The molecule has 30 heavy (non-hydrogen) atoms. The van der Waals surface area contributed by atoms with Crippen LogP contribution < -0.4 is 9.47 Å². The van der Waals surface area contributed by atoms with Crippen LogP contribution in [0.15, 0.2) is 30.5 Å². The molecular weight excluding hydrogens is 382 g/mol. The summed E-state index contributed by atoms with van der Waals surface area (Å²) in [5, 5.41) is 4.14. The highest BCUT2D eigenvalue weighted by Gasteiger charge is 2.31. The van der Waals surface area contributed by atoms with Crippen molar-refractivity contribution >= 4 is 5.91 Å². The zero-order valence-electron chi connectivity index (χ0n) is 17.5. The molecule has 0 bridgehead atoms. The quantitative estimate of drug-likeness (QED) is 0.761. The van der Waals surface area contributed by atoms with Gasteiger partial charge in [-0.25, -0.2) is 0 Å². The number of ether oxygens (including phenoxy) is 2. The van der Waals surface area contributed by atoms with Gasteiger partial charge in [0.05, 0.1) is 0 Å². The maximum Gasteiger partial charge on any atom is 0.272 e. The lowest BCUT2D eigenvalue weighted by atomic mass is 10.0. The van der Waals surface area contributed by atoms with Gasteiger partial charge in [-0.2, -0.15) is 5.10 Å². The normalized spacial score (nSPS) is 22.4. The van der Waals surface area contributed by atoms with Crippen LogP contribution in [0.1, 0.15) is 28.9 Å². The van der Waals surface area contributed by atoms with Crippen LogP contribution in [-0.2, 0) is 13.6 Å². The lowest BCUT2D eigenvalue weighted by Gasteiger charge is -2.43. The molecule has 0 unspecified atom stereocenters. The Labute approximate surface area is 176 Å². The van der Waals surface area contributed by atoms with Crippen molar-refractivity contribution < 1.29 is 14.3 Å². The van der Waals surface area contributed by atoms with Gasteiger partial charge in [0.15, 0.2) is 11.5 Å². The summed E-state index contributed by atoms with van der Waals surface area (Å²) in [5.41, 5.74) is 1.93. The molecule has 0 saturated carbocycles. The van der Waals surface area contributed by atoms with E-state index in [1.807, 2.05) is 18.0 Å². The summed E-state index contributed by atoms with van der Waals surface area (Å²) in [6, 6.07) is 8.48. The lowest BCUT2D eigenvalue weighted by Crippen LogP contribution is -2.55. The Balaban J connectivity index is 1.14. The molecule has 3 aliphatic rings. The molecule has 1 aromatic carbocycles. The molecule has 1 aromatic heterocycles. The number of hydrogen-bond donors (Lipinski definition) is 0. The second-order valence-electron chi connectivity index (χ2n) is 8.39. The van der Waals surface area contributed by atoms with Crippen LogP contribution in [0.3, 0.4) is 0 Å². The first-order valence-electron chi connectivity index (χ1n) is 10.8. The van der Waals surface area contributed by atoms with E-state index >= 15 is 0 Å². The fraction of sp³-hybridized carbons (Fsp3) is 0.545. The van der Waals surface area contributed by atoms with Crippen molar-refractivity contribution in [3.05, 3.63) is 41.7 Å². The van der Waals surface area contributed by atoms with Crippen molar-refractivity contribution in [3.8, 4) is 11.5 Å². The summed E-state index contributed by atoms with van der Waals surface area (Å²) >= 11 is 0. The molecule has 1 atom stereocenters. The van der Waals surface area contributed by atoms with Gasteiger partial charge in [-0.05, 0) is 36.6 Å². The molecule has 0 spiro atoms. The van der Waals surface area contributed by atoms with Gasteiger partial charge in [0.2, 0.25) is 6.79 Å². The van der Waals surface area contributed by atoms with Gasteiger partial charge in [-0.1, -0.05) is 6.07 Å². The molecule has 8 nitrogen and oxygen atoms in total. The van der Waals surface area contributed by atoms with Gasteiger partial charge in [0.25, 0.3) is 5.91 Å². The third kappa shape index (κ3) is 3.89. The minimum atomic E-state index is 0.0983. The third-order valence-corrected chi connectivity index (χ3v) is 6.49. The molecule has 5 rings (SSSR count). The largest absolute Gasteiger partial charge is 0.454 e. The fourth-order valence-corrected chi connectivity index (χ4v) is 4.77. The zero-order valence-corrected chi connectivity index (χ0v) is 17.5. The van der Waals surface area contributed by atoms with E-state index in [1.165, 1.54) is 5.56 Å². The van der Waals surface area contributed by atoms with Crippen molar-refractivity contribution in [1.29, 1.82) is 0 Å². The van der Waals surface area contributed by atoms with Crippen LogP contribution in [0, 0.1) is 0 Å². The average Bonchev–Trinajstić information content (AvgIpc) is 3.42. The molecule has 1 amide bonds. The Morgan fingerprint density at radius 1 is 1.10 bits per heavy atom. The number of fused-ring (bicyclic) bond motifs is 1. The van der Waals surface area contributed by atoms with E-state index in [4.69, 9.17) is 9.47 Å². The Morgan fingerprint density at radius 2 is 1.93 bits per heavy atom. The Morgan fingerprint density at radius 3 is 2.73 bits per heavy atom. The van der Waals surface area contributed by atoms with Crippen molar-refractivity contribution in [1.82, 2.24) is 24.5 Å². The van der Waals surface area contributed by atoms with Crippen molar-refractivity contribution in [2.75, 3.05) is 46.1 Å². The Hall–Kier alpha value is -2.58. The summed E-state index contributed by atoms with van der Waals surface area (Å²) in [7, 11) is 1.83. The highest BCUT2D eigenvalue weighted by atomic mass is 16.7. The summed E-state index contributed by atoms with van der Waals surface area (Å²) in [4.78, 5) is 19.9. The van der Waals surface area contributed by atoms with Crippen molar-refractivity contribution in [2.24, 2.45) is 7.05 Å². The van der Waals surface area contributed by atoms with E-state index in [9.17, 15) is 4.79 Å². The zero-order chi connectivity index (χ0) is 20.5. The highest BCUT2D eigenvalue weighted by molar-refractivity contribution is 5.92. The maximum absolute atomic E-state index is 12.9. The van der Waals surface area contributed by atoms with Crippen LogP contribution in [0.5, 0.6) is 11.5 Å². The SMILES string of the molecule is Cn1nccc1C(=O)N1CCC[C@H](N2CCN(Cc3ccc4c(c3)OCO4)CC2)C1. The minimum Gasteiger partial charge on any atom is -0.454 e. The van der Waals surface area contributed by atoms with E-state index in [0.29, 0.717) is 18.5 Å². The second kappa shape index (κ2) is 8.28. The number of aromatic nitrogens is 2. The molecule has 0 aliphatic carbocycles. The first-order valence-corrected chi connectivity index (χ1v) is 10.8. The molecule has 2 aromatic rings. The number of hydrogen-bond acceptors (Lipinski definition) is 6. The van der Waals surface area contributed by atoms with Crippen LogP contribution in [0.2, 0.25) is 0 Å². The van der Waals surface area contributed by atoms with Crippen molar-refractivity contribution in [2.45, 2.75) is 25.4 Å². The highest BCUT2D eigenvalue weighted by Crippen LogP contribution is 2.33. The van der Waals surface area contributed by atoms with E-state index in [2.05, 4.69) is 27.0 Å². The van der Waals surface area contributed by atoms with Crippen molar-refractivity contribution in [3.63, 3.8) is 0 Å². The first-order chi connectivity index (χ1) is 14.7. The molecule has 0 radical (unpaired) electrons. The predicted molar refractivity (Wildman–Crippen MR) is 112 cm³/mol. The van der Waals surface area contributed by atoms with Gasteiger partial charge in [-0.15, -0.1) is 0 Å². The van der Waals surface area contributed by atoms with E-state index in [0.717, 1.165) is 70.2 Å². The van der Waals surface area contributed by atoms with Crippen LogP contribution in [0.25, 0.3) is 0 Å². The van der Waals surface area contributed by atoms with Crippen LogP contribution in [0.4, 0.5) is 0 Å². The van der Waals surface area contributed by atoms with E-state index in [1.54, 1.807) is 16.9 Å². The molecule has 8 heteroatoms. The number of rotatable bonds is 4. The summed E-state index contributed by atoms with van der Waals surface area (Å²) in [6.45, 7) is 7.07. The van der Waals surface area contributed by atoms with Gasteiger partial charge in [0, 0.05) is 65.1 Å². The predicted octanol–water partition coefficient (Wildman–Crippen LogP) is 1.57. The maximum atomic E-state index is 12.9. The number of piperidine rings is 1. The molecular formula is C22H29N5O3. The standard InChI is InChI=1S/C22H29N5O3/c1-24-19(6-7-23-24)22(28)27-8-2-3-18(15-27)26-11-9-25(10-12-26)14-17-4-5-20-21(13-17)30-16-29-20/h4-7,13,18H,2-3,8-12,14-16H2,1H3/t18-/m0/s1. The number of benzene rings is 1. The molecule has 2 saturated heterocycles. The monoisotopic (exact) mass is 411 g/mol. The number of amides is 1. The number of piperazine rings is 1. The van der Waals surface area contributed by atoms with Gasteiger partial charge in [-0.3, -0.25) is 19.3 Å². The van der Waals surface area contributed by atoms with Crippen LogP contribution >= 0.6 is 0 Å². The number of likely N-dealkylation sites (tertiary alicyclic amines) is 1. The van der Waals surface area contributed by atoms with E-state index in [-0.39, 0.29) is 5.91 Å². The number of carbonyl (C=O) groups is 1. The van der Waals surface area contributed by atoms with Gasteiger partial charge >= 0.3 is 0 Å². The molecule has 160 valence electrons. The molecule has 4 heterocycles. The van der Waals surface area contributed by atoms with Gasteiger partial charge < -0.3 is 14.4 Å². The average molecular weight is 412 g/mol. The van der Waals surface area contributed by atoms with Gasteiger partial charge in [0.1, 0.15) is 5.69 Å².